The molecule has 2 aromatic rings. The van der Waals surface area contributed by atoms with Crippen LogP contribution in [0, 0.1) is 0 Å². The van der Waals surface area contributed by atoms with Crippen molar-refractivity contribution in [2.45, 2.75) is 13.3 Å². The summed E-state index contributed by atoms with van der Waals surface area (Å²) in [5.41, 5.74) is 1.08. The third-order valence-electron chi connectivity index (χ3n) is 3.48. The maximum atomic E-state index is 11.1. The first-order valence-corrected chi connectivity index (χ1v) is 8.58. The molecule has 26 heavy (non-hydrogen) atoms. The molecular weight excluding hydrogens is 356 g/mol. The van der Waals surface area contributed by atoms with Gasteiger partial charge in [-0.15, -0.1) is 6.58 Å². The van der Waals surface area contributed by atoms with Crippen molar-refractivity contribution in [2.75, 3.05) is 19.8 Å². The number of carboxylic acids is 1. The number of halogens is 1. The Balaban J connectivity index is 2.03. The van der Waals surface area contributed by atoms with Gasteiger partial charge in [-0.1, -0.05) is 35.9 Å². The topological polar surface area (TPSA) is 65.0 Å². The van der Waals surface area contributed by atoms with Gasteiger partial charge in [0.05, 0.1) is 17.2 Å². The highest BCUT2D eigenvalue weighted by molar-refractivity contribution is 6.32. The predicted octanol–water partition coefficient (Wildman–Crippen LogP) is 4.62. The van der Waals surface area contributed by atoms with Crippen LogP contribution in [-0.2, 0) is 6.42 Å². The predicted molar refractivity (Wildman–Crippen MR) is 101 cm³/mol. The molecule has 0 atom stereocenters. The molecule has 6 heteroatoms. The number of hydrogen-bond acceptors (Lipinski definition) is 4. The van der Waals surface area contributed by atoms with Gasteiger partial charge in [-0.3, -0.25) is 0 Å². The van der Waals surface area contributed by atoms with Gasteiger partial charge < -0.3 is 19.3 Å². The van der Waals surface area contributed by atoms with Crippen LogP contribution in [0.15, 0.2) is 49.1 Å². The fourth-order valence-electron chi connectivity index (χ4n) is 2.36. The van der Waals surface area contributed by atoms with Gasteiger partial charge in [-0.25, -0.2) is 4.79 Å². The number of ether oxygens (including phenoxy) is 3. The monoisotopic (exact) mass is 376 g/mol. The molecule has 0 fully saturated rings. The van der Waals surface area contributed by atoms with Gasteiger partial charge in [0.2, 0.25) is 0 Å². The van der Waals surface area contributed by atoms with E-state index >= 15 is 0 Å². The lowest BCUT2D eigenvalue weighted by molar-refractivity contribution is 0.0696. The average Bonchev–Trinajstić information content (AvgIpc) is 2.61. The molecule has 0 aromatic heterocycles. The van der Waals surface area contributed by atoms with Crippen molar-refractivity contribution >= 4 is 17.6 Å². The van der Waals surface area contributed by atoms with Crippen LogP contribution in [0.4, 0.5) is 0 Å². The van der Waals surface area contributed by atoms with Crippen molar-refractivity contribution in [2.24, 2.45) is 0 Å². The van der Waals surface area contributed by atoms with Crippen LogP contribution in [0.5, 0.6) is 17.2 Å². The van der Waals surface area contributed by atoms with Crippen molar-refractivity contribution in [1.29, 1.82) is 0 Å². The molecule has 0 bridgehead atoms. The van der Waals surface area contributed by atoms with Gasteiger partial charge in [0.1, 0.15) is 19.0 Å². The molecule has 0 aliphatic heterocycles. The number of carbonyl (C=O) groups is 1. The summed E-state index contributed by atoms with van der Waals surface area (Å²) in [6.45, 7) is 6.43. The second kappa shape index (κ2) is 9.73. The Bertz CT molecular complexity index is 773. The lowest BCUT2D eigenvalue weighted by atomic mass is 10.1. The number of benzene rings is 2. The van der Waals surface area contributed by atoms with E-state index in [4.69, 9.17) is 30.9 Å². The van der Waals surface area contributed by atoms with Crippen LogP contribution in [-0.4, -0.2) is 30.9 Å². The summed E-state index contributed by atoms with van der Waals surface area (Å²) in [7, 11) is 0. The number of allylic oxidation sites excluding steroid dienone is 1. The summed E-state index contributed by atoms with van der Waals surface area (Å²) in [5.74, 6) is 0.292. The molecule has 0 heterocycles. The van der Waals surface area contributed by atoms with Gasteiger partial charge in [-0.2, -0.15) is 0 Å². The third kappa shape index (κ3) is 5.17. The Kier molecular flexibility index (Phi) is 7.36. The van der Waals surface area contributed by atoms with E-state index in [0.29, 0.717) is 31.1 Å². The smallest absolute Gasteiger partial charge is 0.335 e. The summed E-state index contributed by atoms with van der Waals surface area (Å²) in [5, 5.41) is 9.30. The largest absolute Gasteiger partial charge is 0.490 e. The van der Waals surface area contributed by atoms with E-state index in [9.17, 15) is 4.79 Å². The van der Waals surface area contributed by atoms with E-state index in [0.717, 1.165) is 11.3 Å². The molecule has 0 aliphatic carbocycles. The van der Waals surface area contributed by atoms with Crippen molar-refractivity contribution in [1.82, 2.24) is 0 Å². The molecular formula is C20H21ClO5. The number of para-hydroxylation sites is 1. The maximum absolute atomic E-state index is 11.1. The second-order valence-electron chi connectivity index (χ2n) is 5.32. The molecule has 0 aliphatic rings. The highest BCUT2D eigenvalue weighted by Gasteiger charge is 2.16. The van der Waals surface area contributed by atoms with E-state index in [2.05, 4.69) is 6.58 Å². The molecule has 1 N–H and O–H groups in total. The van der Waals surface area contributed by atoms with Gasteiger partial charge in [-0.05, 0) is 37.1 Å². The third-order valence-corrected chi connectivity index (χ3v) is 3.76. The first-order valence-electron chi connectivity index (χ1n) is 8.20. The normalized spacial score (nSPS) is 10.2. The van der Waals surface area contributed by atoms with Gasteiger partial charge in [0.15, 0.2) is 11.5 Å². The van der Waals surface area contributed by atoms with Crippen LogP contribution in [0.1, 0.15) is 22.8 Å². The number of carboxylic acid groups (broad SMARTS) is 1. The lowest BCUT2D eigenvalue weighted by Gasteiger charge is -2.15. The van der Waals surface area contributed by atoms with E-state index < -0.39 is 5.97 Å². The second-order valence-corrected chi connectivity index (χ2v) is 5.73. The summed E-state index contributed by atoms with van der Waals surface area (Å²) < 4.78 is 16.9. The van der Waals surface area contributed by atoms with Crippen LogP contribution in [0.2, 0.25) is 5.02 Å². The van der Waals surface area contributed by atoms with Crippen molar-refractivity contribution in [3.63, 3.8) is 0 Å². The summed E-state index contributed by atoms with van der Waals surface area (Å²) in [6.07, 6.45) is 2.53. The highest BCUT2D eigenvalue weighted by Crippen LogP contribution is 2.36. The number of rotatable bonds is 10. The number of aromatic carboxylic acids is 1. The highest BCUT2D eigenvalue weighted by atomic mass is 35.5. The van der Waals surface area contributed by atoms with Gasteiger partial charge in [0, 0.05) is 0 Å². The standard InChI is InChI=1S/C20H21ClO5/c1-3-7-14-8-5-6-9-17(14)25-10-11-26-19-16(21)12-15(20(22)23)13-18(19)24-4-2/h3,5-6,8-9,12-13H,1,4,7,10-11H2,2H3,(H,22,23). The first kappa shape index (κ1) is 19.7. The van der Waals surface area contributed by atoms with Crippen molar-refractivity contribution in [3.05, 3.63) is 65.2 Å². The summed E-state index contributed by atoms with van der Waals surface area (Å²) in [4.78, 5) is 11.1. The Morgan fingerprint density at radius 3 is 2.58 bits per heavy atom. The summed E-state index contributed by atoms with van der Waals surface area (Å²) >= 11 is 6.16. The Morgan fingerprint density at radius 1 is 1.15 bits per heavy atom. The molecule has 0 saturated heterocycles. The molecule has 0 radical (unpaired) electrons. The SMILES string of the molecule is C=CCc1ccccc1OCCOc1c(Cl)cc(C(=O)O)cc1OCC. The molecule has 138 valence electrons. The van der Waals surface area contributed by atoms with E-state index in [-0.39, 0.29) is 17.2 Å². The molecule has 0 saturated carbocycles. The van der Waals surface area contributed by atoms with E-state index in [1.54, 1.807) is 6.92 Å². The zero-order valence-electron chi connectivity index (χ0n) is 14.5. The van der Waals surface area contributed by atoms with Crippen LogP contribution < -0.4 is 14.2 Å². The van der Waals surface area contributed by atoms with E-state index in [1.165, 1.54) is 12.1 Å². The minimum Gasteiger partial charge on any atom is -0.490 e. The number of hydrogen-bond donors (Lipinski definition) is 1. The molecule has 0 amide bonds. The minimum atomic E-state index is -1.08. The van der Waals surface area contributed by atoms with Crippen molar-refractivity contribution in [3.8, 4) is 17.2 Å². The first-order chi connectivity index (χ1) is 12.6. The molecule has 2 aromatic carbocycles. The minimum absolute atomic E-state index is 0.0420. The Labute approximate surface area is 157 Å². The van der Waals surface area contributed by atoms with E-state index in [1.807, 2.05) is 30.3 Å². The zero-order chi connectivity index (χ0) is 18.9. The lowest BCUT2D eigenvalue weighted by Crippen LogP contribution is -2.11. The zero-order valence-corrected chi connectivity index (χ0v) is 15.3. The quantitative estimate of drug-likeness (QED) is 0.484. The summed E-state index contributed by atoms with van der Waals surface area (Å²) in [6, 6.07) is 10.4. The van der Waals surface area contributed by atoms with Crippen LogP contribution in [0.3, 0.4) is 0 Å². The van der Waals surface area contributed by atoms with Crippen molar-refractivity contribution < 1.29 is 24.1 Å². The Morgan fingerprint density at radius 2 is 1.88 bits per heavy atom. The Hall–Kier alpha value is -2.66. The molecule has 0 unspecified atom stereocenters. The van der Waals surface area contributed by atoms with Gasteiger partial charge >= 0.3 is 5.97 Å². The molecule has 0 spiro atoms. The molecule has 2 rings (SSSR count). The van der Waals surface area contributed by atoms with Crippen LogP contribution >= 0.6 is 11.6 Å². The fraction of sp³-hybridized carbons (Fsp3) is 0.250. The molecule has 5 nitrogen and oxygen atoms in total. The van der Waals surface area contributed by atoms with Crippen LogP contribution in [0.25, 0.3) is 0 Å². The fourth-order valence-corrected chi connectivity index (χ4v) is 2.62. The average molecular weight is 377 g/mol. The maximum Gasteiger partial charge on any atom is 0.335 e. The van der Waals surface area contributed by atoms with Gasteiger partial charge in [0.25, 0.3) is 0 Å².